The van der Waals surface area contributed by atoms with E-state index in [1.165, 1.54) is 0 Å². The van der Waals surface area contributed by atoms with Crippen molar-refractivity contribution in [1.82, 2.24) is 9.97 Å². The Labute approximate surface area is 151 Å². The van der Waals surface area contributed by atoms with Gasteiger partial charge in [-0.2, -0.15) is 0 Å². The zero-order valence-electron chi connectivity index (χ0n) is 14.0. The number of anilines is 1. The van der Waals surface area contributed by atoms with Gasteiger partial charge >= 0.3 is 0 Å². The molecule has 1 N–H and O–H groups in total. The molecule has 1 amide bonds. The lowest BCUT2D eigenvalue weighted by atomic mass is 10.1. The molecule has 1 aromatic heterocycles. The monoisotopic (exact) mass is 349 g/mol. The number of carbonyl (C=O) groups is 1. The minimum absolute atomic E-state index is 0.00967. The third-order valence-electron chi connectivity index (χ3n) is 3.59. The molecular weight excluding hydrogens is 330 g/mol. The van der Waals surface area contributed by atoms with Crippen LogP contribution in [0.1, 0.15) is 12.0 Å². The summed E-state index contributed by atoms with van der Waals surface area (Å²) in [6.07, 6.45) is 2.00. The van der Waals surface area contributed by atoms with Crippen LogP contribution in [0.5, 0.6) is 0 Å². The first-order valence-corrected chi connectivity index (χ1v) is 9.06. The summed E-state index contributed by atoms with van der Waals surface area (Å²) in [4.78, 5) is 20.6. The highest BCUT2D eigenvalue weighted by Gasteiger charge is 2.06. The van der Waals surface area contributed by atoms with Crippen LogP contribution >= 0.6 is 11.8 Å². The van der Waals surface area contributed by atoms with Gasteiger partial charge in [-0.15, -0.1) is 11.8 Å². The quantitative estimate of drug-likeness (QED) is 0.523. The molecular formula is C20H19N3OS. The van der Waals surface area contributed by atoms with Crippen molar-refractivity contribution in [3.63, 3.8) is 0 Å². The second kappa shape index (κ2) is 8.44. The Morgan fingerprint density at radius 1 is 1.04 bits per heavy atom. The maximum Gasteiger partial charge on any atom is 0.225 e. The fourth-order valence-electron chi connectivity index (χ4n) is 2.38. The average Bonchev–Trinajstić information content (AvgIpc) is 2.63. The van der Waals surface area contributed by atoms with E-state index < -0.39 is 0 Å². The Bertz CT molecular complexity index is 852. The molecule has 5 heteroatoms. The summed E-state index contributed by atoms with van der Waals surface area (Å²) >= 11 is 1.56. The number of aryl methyl sites for hydroxylation is 1. The average molecular weight is 349 g/mol. The van der Waals surface area contributed by atoms with Gasteiger partial charge in [-0.3, -0.25) is 4.79 Å². The fraction of sp³-hybridized carbons (Fsp3) is 0.150. The van der Waals surface area contributed by atoms with Crippen LogP contribution in [0, 0.1) is 6.92 Å². The molecule has 3 rings (SSSR count). The lowest BCUT2D eigenvalue weighted by molar-refractivity contribution is -0.115. The number of aromatic nitrogens is 2. The lowest BCUT2D eigenvalue weighted by Crippen LogP contribution is -2.12. The number of nitrogens with one attached hydrogen (secondary N) is 1. The van der Waals surface area contributed by atoms with Crippen LogP contribution in [0.4, 0.5) is 5.69 Å². The van der Waals surface area contributed by atoms with Gasteiger partial charge in [0.05, 0.1) is 10.7 Å². The molecule has 4 nitrogen and oxygen atoms in total. The predicted octanol–water partition coefficient (Wildman–Crippen LogP) is 4.57. The number of carbonyl (C=O) groups excluding carboxylic acids is 1. The molecule has 0 bridgehead atoms. The first-order chi connectivity index (χ1) is 12.2. The smallest absolute Gasteiger partial charge is 0.225 e. The molecule has 25 heavy (non-hydrogen) atoms. The van der Waals surface area contributed by atoms with E-state index in [4.69, 9.17) is 0 Å². The molecule has 0 saturated carbocycles. The molecule has 0 radical (unpaired) electrons. The molecule has 1 heterocycles. The van der Waals surface area contributed by atoms with Gasteiger partial charge in [-0.05, 0) is 30.7 Å². The Balaban J connectivity index is 1.53. The fourth-order valence-corrected chi connectivity index (χ4v) is 3.19. The van der Waals surface area contributed by atoms with Crippen LogP contribution < -0.4 is 5.32 Å². The van der Waals surface area contributed by atoms with Crippen molar-refractivity contribution in [3.05, 3.63) is 72.6 Å². The van der Waals surface area contributed by atoms with Crippen molar-refractivity contribution in [1.29, 1.82) is 0 Å². The predicted molar refractivity (Wildman–Crippen MR) is 103 cm³/mol. The highest BCUT2D eigenvalue weighted by molar-refractivity contribution is 7.99. The van der Waals surface area contributed by atoms with Crippen molar-refractivity contribution < 1.29 is 4.79 Å². The van der Waals surface area contributed by atoms with Crippen molar-refractivity contribution in [2.24, 2.45) is 0 Å². The molecule has 0 aliphatic rings. The number of benzene rings is 2. The summed E-state index contributed by atoms with van der Waals surface area (Å²) < 4.78 is 0. The Hall–Kier alpha value is -2.66. The van der Waals surface area contributed by atoms with E-state index in [0.29, 0.717) is 12.2 Å². The normalized spacial score (nSPS) is 10.4. The van der Waals surface area contributed by atoms with Gasteiger partial charge < -0.3 is 5.32 Å². The molecule has 0 aliphatic carbocycles. The number of rotatable bonds is 6. The first-order valence-electron chi connectivity index (χ1n) is 8.07. The number of amides is 1. The topological polar surface area (TPSA) is 54.9 Å². The maximum atomic E-state index is 12.0. The molecule has 0 atom stereocenters. The summed E-state index contributed by atoms with van der Waals surface area (Å²) in [7, 11) is 0. The third-order valence-corrected chi connectivity index (χ3v) is 4.52. The molecule has 126 valence electrons. The molecule has 0 fully saturated rings. The second-order valence-electron chi connectivity index (χ2n) is 5.62. The van der Waals surface area contributed by atoms with Gasteiger partial charge in [-0.1, -0.05) is 42.5 Å². The standard InChI is InChI=1S/C20H19N3OS/c1-15-6-5-9-17(12-15)23-19(24)10-11-25-20-13-18(21-14-22-20)16-7-3-2-4-8-16/h2-9,12-14H,10-11H2,1H3,(H,23,24). The Morgan fingerprint density at radius 2 is 1.88 bits per heavy atom. The zero-order chi connectivity index (χ0) is 17.5. The van der Waals surface area contributed by atoms with Gasteiger partial charge in [0, 0.05) is 23.4 Å². The van der Waals surface area contributed by atoms with Gasteiger partial charge in [0.25, 0.3) is 0 Å². The minimum atomic E-state index is 0.00967. The van der Waals surface area contributed by atoms with Gasteiger partial charge in [0.1, 0.15) is 6.33 Å². The lowest BCUT2D eigenvalue weighted by Gasteiger charge is -2.06. The highest BCUT2D eigenvalue weighted by atomic mass is 32.2. The summed E-state index contributed by atoms with van der Waals surface area (Å²) in [5.74, 6) is 0.679. The molecule has 0 saturated heterocycles. The van der Waals surface area contributed by atoms with Crippen LogP contribution in [-0.2, 0) is 4.79 Å². The summed E-state index contributed by atoms with van der Waals surface area (Å²) in [6.45, 7) is 2.00. The zero-order valence-corrected chi connectivity index (χ0v) is 14.8. The number of hydrogen-bond acceptors (Lipinski definition) is 4. The maximum absolute atomic E-state index is 12.0. The molecule has 2 aromatic carbocycles. The Kier molecular flexibility index (Phi) is 5.80. The van der Waals surface area contributed by atoms with Crippen molar-refractivity contribution in [3.8, 4) is 11.3 Å². The largest absolute Gasteiger partial charge is 0.326 e. The second-order valence-corrected chi connectivity index (χ2v) is 6.74. The van der Waals surface area contributed by atoms with Crippen LogP contribution in [0.3, 0.4) is 0 Å². The molecule has 0 spiro atoms. The first kappa shape index (κ1) is 17.2. The van der Waals surface area contributed by atoms with E-state index in [1.807, 2.05) is 67.6 Å². The van der Waals surface area contributed by atoms with E-state index in [-0.39, 0.29) is 5.91 Å². The van der Waals surface area contributed by atoms with Crippen LogP contribution in [0.2, 0.25) is 0 Å². The molecule has 3 aromatic rings. The number of nitrogens with zero attached hydrogens (tertiary/aromatic N) is 2. The minimum Gasteiger partial charge on any atom is -0.326 e. The van der Waals surface area contributed by atoms with Gasteiger partial charge in [-0.25, -0.2) is 9.97 Å². The van der Waals surface area contributed by atoms with Crippen molar-refractivity contribution in [2.75, 3.05) is 11.1 Å². The number of hydrogen-bond donors (Lipinski definition) is 1. The third kappa shape index (κ3) is 5.16. The van der Waals surface area contributed by atoms with Crippen LogP contribution in [-0.4, -0.2) is 21.6 Å². The molecule has 0 aliphatic heterocycles. The Morgan fingerprint density at radius 3 is 2.68 bits per heavy atom. The van der Waals surface area contributed by atoms with E-state index in [2.05, 4.69) is 15.3 Å². The van der Waals surface area contributed by atoms with E-state index in [9.17, 15) is 4.79 Å². The van der Waals surface area contributed by atoms with E-state index in [0.717, 1.165) is 27.5 Å². The van der Waals surface area contributed by atoms with Crippen molar-refractivity contribution in [2.45, 2.75) is 18.4 Å². The van der Waals surface area contributed by atoms with Crippen molar-refractivity contribution >= 4 is 23.4 Å². The van der Waals surface area contributed by atoms with Gasteiger partial charge in [0.15, 0.2) is 0 Å². The summed E-state index contributed by atoms with van der Waals surface area (Å²) in [5.41, 5.74) is 3.91. The van der Waals surface area contributed by atoms with Crippen LogP contribution in [0.25, 0.3) is 11.3 Å². The summed E-state index contributed by atoms with van der Waals surface area (Å²) in [6, 6.07) is 19.7. The van der Waals surface area contributed by atoms with Crippen LogP contribution in [0.15, 0.2) is 72.0 Å². The van der Waals surface area contributed by atoms with E-state index >= 15 is 0 Å². The van der Waals surface area contributed by atoms with Gasteiger partial charge in [0.2, 0.25) is 5.91 Å². The molecule has 0 unspecified atom stereocenters. The summed E-state index contributed by atoms with van der Waals surface area (Å²) in [5, 5.41) is 3.79. The number of thioether (sulfide) groups is 1. The van der Waals surface area contributed by atoms with E-state index in [1.54, 1.807) is 18.1 Å². The SMILES string of the molecule is Cc1cccc(NC(=O)CCSc2cc(-c3ccccc3)ncn2)c1. The highest BCUT2D eigenvalue weighted by Crippen LogP contribution is 2.22.